The molecule has 0 bridgehead atoms. The van der Waals surface area contributed by atoms with Crippen molar-refractivity contribution >= 4 is 45.5 Å². The maximum absolute atomic E-state index is 12.4. The van der Waals surface area contributed by atoms with Crippen molar-refractivity contribution in [2.75, 3.05) is 7.11 Å². The summed E-state index contributed by atoms with van der Waals surface area (Å²) in [5, 5.41) is 1.07. The van der Waals surface area contributed by atoms with Gasteiger partial charge in [-0.25, -0.2) is 0 Å². The van der Waals surface area contributed by atoms with Crippen LogP contribution in [0.4, 0.5) is 0 Å². The number of methoxy groups -OCH3 is 1. The van der Waals surface area contributed by atoms with Crippen molar-refractivity contribution in [3.63, 3.8) is 0 Å². The summed E-state index contributed by atoms with van der Waals surface area (Å²) in [5.74, 6) is 0.738. The van der Waals surface area contributed by atoms with Gasteiger partial charge in [-0.1, -0.05) is 12.1 Å². The van der Waals surface area contributed by atoms with Gasteiger partial charge in [0.1, 0.15) is 5.75 Å². The van der Waals surface area contributed by atoms with Crippen molar-refractivity contribution in [3.8, 4) is 5.75 Å². The average molecular weight is 401 g/mol. The SMILES string of the molecule is COc1ccc(/C=C/C(=O)n2ccc3cc([125I])ccc32)cc1. The molecule has 3 aromatic rings. The number of hydrogen-bond donors (Lipinski definition) is 0. The molecule has 0 N–H and O–H groups in total. The first-order chi connectivity index (χ1) is 10.7. The molecule has 0 atom stereocenters. The number of fused-ring (bicyclic) bond motifs is 1. The van der Waals surface area contributed by atoms with Gasteiger partial charge in [0.2, 0.25) is 0 Å². The van der Waals surface area contributed by atoms with Gasteiger partial charge in [0, 0.05) is 21.2 Å². The highest BCUT2D eigenvalue weighted by Crippen LogP contribution is 2.19. The number of rotatable bonds is 3. The predicted octanol–water partition coefficient (Wildman–Crippen LogP) is 4.61. The molecule has 0 aliphatic carbocycles. The zero-order valence-corrected chi connectivity index (χ0v) is 14.2. The van der Waals surface area contributed by atoms with Crippen LogP contribution in [-0.2, 0) is 0 Å². The molecule has 0 unspecified atom stereocenters. The third kappa shape index (κ3) is 3.06. The second kappa shape index (κ2) is 6.36. The Balaban J connectivity index is 1.84. The fraction of sp³-hybridized carbons (Fsp3) is 0.0556. The summed E-state index contributed by atoms with van der Waals surface area (Å²) in [5.41, 5.74) is 1.88. The number of aromatic nitrogens is 1. The lowest BCUT2D eigenvalue weighted by Crippen LogP contribution is -2.04. The minimum Gasteiger partial charge on any atom is -0.497 e. The Morgan fingerprint density at radius 1 is 1.14 bits per heavy atom. The molecule has 0 aliphatic heterocycles. The van der Waals surface area contributed by atoms with E-state index in [1.54, 1.807) is 30.0 Å². The molecule has 0 saturated carbocycles. The van der Waals surface area contributed by atoms with E-state index in [0.717, 1.165) is 25.8 Å². The van der Waals surface area contributed by atoms with Crippen molar-refractivity contribution in [2.45, 2.75) is 0 Å². The summed E-state index contributed by atoms with van der Waals surface area (Å²) in [6.07, 6.45) is 5.20. The third-order valence-electron chi connectivity index (χ3n) is 3.42. The van der Waals surface area contributed by atoms with Gasteiger partial charge < -0.3 is 4.74 Å². The van der Waals surface area contributed by atoms with Crippen LogP contribution in [-0.4, -0.2) is 17.6 Å². The Bertz CT molecular complexity index is 847. The molecule has 1 aromatic heterocycles. The number of ether oxygens (including phenoxy) is 1. The van der Waals surface area contributed by atoms with Crippen LogP contribution in [0.3, 0.4) is 0 Å². The third-order valence-corrected chi connectivity index (χ3v) is 4.09. The van der Waals surface area contributed by atoms with E-state index >= 15 is 0 Å². The number of carbonyl (C=O) groups is 1. The van der Waals surface area contributed by atoms with Crippen LogP contribution in [0.25, 0.3) is 17.0 Å². The number of benzene rings is 2. The molecule has 110 valence electrons. The highest BCUT2D eigenvalue weighted by atomic mass is 125. The van der Waals surface area contributed by atoms with Crippen LogP contribution in [0.1, 0.15) is 10.4 Å². The number of allylic oxidation sites excluding steroid dienone is 1. The van der Waals surface area contributed by atoms with Crippen LogP contribution < -0.4 is 4.74 Å². The number of nitrogens with zero attached hydrogens (tertiary/aromatic N) is 1. The lowest BCUT2D eigenvalue weighted by Gasteiger charge is -2.01. The Morgan fingerprint density at radius 2 is 1.91 bits per heavy atom. The predicted molar refractivity (Wildman–Crippen MR) is 97.3 cm³/mol. The molecule has 3 rings (SSSR count). The van der Waals surface area contributed by atoms with E-state index in [4.69, 9.17) is 4.74 Å². The molecule has 0 radical (unpaired) electrons. The van der Waals surface area contributed by atoms with Gasteiger partial charge in [0.25, 0.3) is 5.91 Å². The van der Waals surface area contributed by atoms with E-state index in [2.05, 4.69) is 28.7 Å². The van der Waals surface area contributed by atoms with Crippen LogP contribution in [0, 0.1) is 3.57 Å². The second-order valence-corrected chi connectivity index (χ2v) is 6.08. The molecule has 3 nitrogen and oxygen atoms in total. The van der Waals surface area contributed by atoms with Gasteiger partial charge in [-0.05, 0) is 70.6 Å². The fourth-order valence-corrected chi connectivity index (χ4v) is 2.78. The van der Waals surface area contributed by atoms with Crippen molar-refractivity contribution in [3.05, 3.63) is 69.9 Å². The van der Waals surface area contributed by atoms with E-state index < -0.39 is 0 Å². The Labute approximate surface area is 142 Å². The minimum atomic E-state index is -0.0629. The Kier molecular flexibility index (Phi) is 4.29. The lowest BCUT2D eigenvalue weighted by molar-refractivity contribution is 0.0975. The number of halogens is 1. The zero-order valence-electron chi connectivity index (χ0n) is 12.0. The molecule has 0 fully saturated rings. The first-order valence-corrected chi connectivity index (χ1v) is 7.88. The number of hydrogen-bond acceptors (Lipinski definition) is 2. The molecule has 1 heterocycles. The Hall–Kier alpha value is -2.08. The standard InChI is InChI=1S/C18H14INO2/c1-22-16-6-2-13(3-7-16)4-9-18(21)20-11-10-14-12-15(19)5-8-17(14)20/h2-12H,1H3/b9-4+/i19-2. The summed E-state index contributed by atoms with van der Waals surface area (Å²) in [7, 11) is 1.63. The van der Waals surface area contributed by atoms with Gasteiger partial charge in [-0.15, -0.1) is 0 Å². The summed E-state index contributed by atoms with van der Waals surface area (Å²) < 4.78 is 7.93. The Morgan fingerprint density at radius 3 is 2.64 bits per heavy atom. The van der Waals surface area contributed by atoms with E-state index in [1.165, 1.54) is 0 Å². The molecule has 0 aliphatic rings. The molecular weight excluding hydrogens is 387 g/mol. The van der Waals surface area contributed by atoms with Gasteiger partial charge in [-0.3, -0.25) is 9.36 Å². The maximum Gasteiger partial charge on any atom is 0.255 e. The molecule has 0 saturated heterocycles. The zero-order chi connectivity index (χ0) is 15.5. The van der Waals surface area contributed by atoms with E-state index in [1.807, 2.05) is 42.5 Å². The topological polar surface area (TPSA) is 31.2 Å². The van der Waals surface area contributed by atoms with Crippen molar-refractivity contribution in [2.24, 2.45) is 0 Å². The lowest BCUT2D eigenvalue weighted by atomic mass is 10.2. The molecule has 0 spiro atoms. The van der Waals surface area contributed by atoms with Gasteiger partial charge in [0.05, 0.1) is 12.6 Å². The second-order valence-electron chi connectivity index (χ2n) is 4.83. The van der Waals surface area contributed by atoms with Crippen molar-refractivity contribution in [1.29, 1.82) is 0 Å². The van der Waals surface area contributed by atoms with Crippen LogP contribution in [0.2, 0.25) is 0 Å². The largest absolute Gasteiger partial charge is 0.497 e. The smallest absolute Gasteiger partial charge is 0.255 e. The van der Waals surface area contributed by atoms with E-state index in [-0.39, 0.29) is 5.91 Å². The average Bonchev–Trinajstić information content (AvgIpc) is 2.96. The molecule has 2 aromatic carbocycles. The van der Waals surface area contributed by atoms with Crippen LogP contribution >= 0.6 is 22.6 Å². The van der Waals surface area contributed by atoms with E-state index in [9.17, 15) is 4.79 Å². The molecule has 22 heavy (non-hydrogen) atoms. The van der Waals surface area contributed by atoms with Gasteiger partial charge >= 0.3 is 0 Å². The normalized spacial score (nSPS) is 11.2. The summed E-state index contributed by atoms with van der Waals surface area (Å²) in [6, 6.07) is 15.6. The summed E-state index contributed by atoms with van der Waals surface area (Å²) >= 11 is 2.27. The molecule has 4 heteroatoms. The summed E-state index contributed by atoms with van der Waals surface area (Å²) in [4.78, 5) is 12.4. The van der Waals surface area contributed by atoms with E-state index in [0.29, 0.717) is 0 Å². The quantitative estimate of drug-likeness (QED) is 0.474. The molecule has 0 amide bonds. The first-order valence-electron chi connectivity index (χ1n) is 6.80. The number of carbonyl (C=O) groups excluding carboxylic acids is 1. The fourth-order valence-electron chi connectivity index (χ4n) is 2.27. The first kappa shape index (κ1) is 14.8. The van der Waals surface area contributed by atoms with Crippen molar-refractivity contribution in [1.82, 2.24) is 4.57 Å². The monoisotopic (exact) mass is 401 g/mol. The maximum atomic E-state index is 12.4. The highest BCUT2D eigenvalue weighted by Gasteiger charge is 2.06. The van der Waals surface area contributed by atoms with Crippen LogP contribution in [0.5, 0.6) is 5.75 Å². The summed E-state index contributed by atoms with van der Waals surface area (Å²) in [6.45, 7) is 0. The minimum absolute atomic E-state index is 0.0629. The van der Waals surface area contributed by atoms with Gasteiger partial charge in [0.15, 0.2) is 0 Å². The highest BCUT2D eigenvalue weighted by molar-refractivity contribution is 14.1. The van der Waals surface area contributed by atoms with Gasteiger partial charge in [-0.2, -0.15) is 0 Å². The molecular formula is C18H14INO2. The van der Waals surface area contributed by atoms with Crippen LogP contribution in [0.15, 0.2) is 60.8 Å². The van der Waals surface area contributed by atoms with Crippen molar-refractivity contribution < 1.29 is 9.53 Å².